The smallest absolute Gasteiger partial charge is 0.253 e. The van der Waals surface area contributed by atoms with Crippen molar-refractivity contribution < 1.29 is 19.7 Å². The number of ether oxygens (including phenoxy) is 1. The van der Waals surface area contributed by atoms with Crippen molar-refractivity contribution in [1.29, 1.82) is 0 Å². The first-order chi connectivity index (χ1) is 9.41. The summed E-state index contributed by atoms with van der Waals surface area (Å²) in [5.41, 5.74) is -0.463. The average molecular weight is 391 g/mol. The summed E-state index contributed by atoms with van der Waals surface area (Å²) in [6.07, 6.45) is 1.06. The highest BCUT2D eigenvalue weighted by Gasteiger charge is 2.32. The largest absolute Gasteiger partial charge is 0.507 e. The number of benzene rings is 1. The predicted molar refractivity (Wildman–Crippen MR) is 82.8 cm³/mol. The van der Waals surface area contributed by atoms with Crippen LogP contribution in [0.4, 0.5) is 0 Å². The lowest BCUT2D eigenvalue weighted by Crippen LogP contribution is -2.47. The molecule has 1 saturated heterocycles. The lowest BCUT2D eigenvalue weighted by atomic mass is 9.93. The minimum absolute atomic E-state index is 0.0922. The number of phenols is 1. The Morgan fingerprint density at radius 1 is 1.45 bits per heavy atom. The number of likely N-dealkylation sites (N-methyl/N-ethyl adjacent to an activating group) is 1. The van der Waals surface area contributed by atoms with Crippen molar-refractivity contribution in [2.24, 2.45) is 0 Å². The van der Waals surface area contributed by atoms with E-state index in [1.165, 1.54) is 11.0 Å². The van der Waals surface area contributed by atoms with Crippen LogP contribution in [0.25, 0.3) is 0 Å². The van der Waals surface area contributed by atoms with Gasteiger partial charge in [-0.3, -0.25) is 4.79 Å². The van der Waals surface area contributed by atoms with Crippen molar-refractivity contribution in [3.05, 3.63) is 27.3 Å². The van der Waals surface area contributed by atoms with Crippen LogP contribution in [0, 0.1) is 3.57 Å². The van der Waals surface area contributed by atoms with Crippen LogP contribution in [0.15, 0.2) is 18.2 Å². The maximum absolute atomic E-state index is 12.3. The Morgan fingerprint density at radius 3 is 2.70 bits per heavy atom. The average Bonchev–Trinajstić information content (AvgIpc) is 2.41. The SMILES string of the molecule is CN(CC1(O)CCOCC1)C(=O)c1ccc(I)c(O)c1. The number of aromatic hydroxyl groups is 1. The molecule has 1 aromatic carbocycles. The Labute approximate surface area is 131 Å². The number of carbonyl (C=O) groups is 1. The Kier molecular flexibility index (Phi) is 4.87. The molecule has 6 heteroatoms. The summed E-state index contributed by atoms with van der Waals surface area (Å²) in [6.45, 7) is 1.30. The van der Waals surface area contributed by atoms with Gasteiger partial charge in [0.05, 0.1) is 9.17 Å². The van der Waals surface area contributed by atoms with Gasteiger partial charge >= 0.3 is 0 Å². The molecule has 20 heavy (non-hydrogen) atoms. The molecule has 1 fully saturated rings. The predicted octanol–water partition coefficient (Wildman–Crippen LogP) is 1.61. The first-order valence-corrected chi connectivity index (χ1v) is 7.53. The third-order valence-corrected chi connectivity index (χ3v) is 4.41. The molecule has 0 bridgehead atoms. The Balaban J connectivity index is 2.06. The fourth-order valence-electron chi connectivity index (χ4n) is 2.29. The summed E-state index contributed by atoms with van der Waals surface area (Å²) in [7, 11) is 1.66. The number of rotatable bonds is 3. The molecule has 0 aromatic heterocycles. The van der Waals surface area contributed by atoms with Gasteiger partial charge in [-0.2, -0.15) is 0 Å². The van der Waals surface area contributed by atoms with Crippen molar-refractivity contribution in [2.75, 3.05) is 26.8 Å². The molecule has 1 aliphatic heterocycles. The molecular weight excluding hydrogens is 373 g/mol. The number of hydrogen-bond donors (Lipinski definition) is 2. The molecule has 1 aliphatic rings. The molecule has 2 N–H and O–H groups in total. The van der Waals surface area contributed by atoms with Crippen LogP contribution in [0.2, 0.25) is 0 Å². The van der Waals surface area contributed by atoms with Gasteiger partial charge in [-0.1, -0.05) is 0 Å². The molecule has 5 nitrogen and oxygen atoms in total. The molecule has 2 rings (SSSR count). The standard InChI is InChI=1S/C14H18INO4/c1-16(9-14(19)4-6-20-7-5-14)13(18)10-2-3-11(15)12(17)8-10/h2-3,8,17,19H,4-7,9H2,1H3. The van der Waals surface area contributed by atoms with Crippen LogP contribution in [-0.2, 0) is 4.74 Å². The quantitative estimate of drug-likeness (QED) is 0.769. The number of nitrogens with zero attached hydrogens (tertiary/aromatic N) is 1. The van der Waals surface area contributed by atoms with E-state index >= 15 is 0 Å². The lowest BCUT2D eigenvalue weighted by Gasteiger charge is -2.35. The highest BCUT2D eigenvalue weighted by Crippen LogP contribution is 2.24. The van der Waals surface area contributed by atoms with Gasteiger partial charge in [0.2, 0.25) is 0 Å². The van der Waals surface area contributed by atoms with E-state index in [0.29, 0.717) is 35.2 Å². The van der Waals surface area contributed by atoms with Crippen molar-refractivity contribution >= 4 is 28.5 Å². The summed E-state index contributed by atoms with van der Waals surface area (Å²) in [5.74, 6) is -0.119. The van der Waals surface area contributed by atoms with Gasteiger partial charge < -0.3 is 19.8 Å². The number of phenolic OH excluding ortho intramolecular Hbond substituents is 1. The van der Waals surface area contributed by atoms with Crippen LogP contribution >= 0.6 is 22.6 Å². The van der Waals surface area contributed by atoms with Gasteiger partial charge in [0.15, 0.2) is 0 Å². The summed E-state index contributed by atoms with van der Waals surface area (Å²) < 4.78 is 5.92. The monoisotopic (exact) mass is 391 g/mol. The van der Waals surface area contributed by atoms with Crippen molar-refractivity contribution in [3.63, 3.8) is 0 Å². The van der Waals surface area contributed by atoms with Crippen molar-refractivity contribution in [3.8, 4) is 5.75 Å². The zero-order valence-electron chi connectivity index (χ0n) is 11.3. The van der Waals surface area contributed by atoms with Gasteiger partial charge in [0.1, 0.15) is 5.75 Å². The highest BCUT2D eigenvalue weighted by atomic mass is 127. The minimum Gasteiger partial charge on any atom is -0.507 e. The molecule has 1 aromatic rings. The number of hydrogen-bond acceptors (Lipinski definition) is 4. The number of aliphatic hydroxyl groups is 1. The van der Waals surface area contributed by atoms with Crippen LogP contribution in [0.5, 0.6) is 5.75 Å². The topological polar surface area (TPSA) is 70.0 Å². The summed E-state index contributed by atoms with van der Waals surface area (Å²) in [5, 5.41) is 20.1. The van der Waals surface area contributed by atoms with Crippen LogP contribution in [0.3, 0.4) is 0 Å². The number of amides is 1. The summed E-state index contributed by atoms with van der Waals surface area (Å²) in [6, 6.07) is 4.82. The van der Waals surface area contributed by atoms with E-state index in [9.17, 15) is 15.0 Å². The van der Waals surface area contributed by atoms with Crippen LogP contribution in [-0.4, -0.2) is 53.4 Å². The van der Waals surface area contributed by atoms with E-state index in [1.807, 2.05) is 22.6 Å². The summed E-state index contributed by atoms with van der Waals surface area (Å²) in [4.78, 5) is 13.8. The second-order valence-corrected chi connectivity index (χ2v) is 6.33. The van der Waals surface area contributed by atoms with Gasteiger partial charge in [-0.15, -0.1) is 0 Å². The van der Waals surface area contributed by atoms with E-state index in [1.54, 1.807) is 19.2 Å². The molecule has 0 aliphatic carbocycles. The number of halogens is 1. The van der Waals surface area contributed by atoms with Gasteiger partial charge in [0, 0.05) is 45.2 Å². The molecule has 110 valence electrons. The van der Waals surface area contributed by atoms with E-state index < -0.39 is 5.60 Å². The van der Waals surface area contributed by atoms with E-state index in [-0.39, 0.29) is 18.2 Å². The fraction of sp³-hybridized carbons (Fsp3) is 0.500. The minimum atomic E-state index is -0.881. The molecule has 0 spiro atoms. The molecule has 0 unspecified atom stereocenters. The lowest BCUT2D eigenvalue weighted by molar-refractivity contribution is -0.0734. The van der Waals surface area contributed by atoms with E-state index in [4.69, 9.17) is 4.74 Å². The summed E-state index contributed by atoms with van der Waals surface area (Å²) >= 11 is 2.00. The van der Waals surface area contributed by atoms with Gasteiger partial charge in [0.25, 0.3) is 5.91 Å². The Hall–Kier alpha value is -0.860. The maximum Gasteiger partial charge on any atom is 0.253 e. The van der Waals surface area contributed by atoms with E-state index in [2.05, 4.69) is 0 Å². The molecule has 1 amide bonds. The normalized spacial score (nSPS) is 17.8. The molecule has 0 saturated carbocycles. The molecule has 0 radical (unpaired) electrons. The fourth-order valence-corrected chi connectivity index (χ4v) is 2.62. The second kappa shape index (κ2) is 6.28. The number of carbonyl (C=O) groups excluding carboxylic acids is 1. The Morgan fingerprint density at radius 2 is 2.10 bits per heavy atom. The molecule has 0 atom stereocenters. The Bertz CT molecular complexity index is 500. The first kappa shape index (κ1) is 15.5. The molecular formula is C14H18INO4. The third-order valence-electron chi connectivity index (χ3n) is 3.49. The van der Waals surface area contributed by atoms with Gasteiger partial charge in [-0.25, -0.2) is 0 Å². The second-order valence-electron chi connectivity index (χ2n) is 5.16. The van der Waals surface area contributed by atoms with E-state index in [0.717, 1.165) is 0 Å². The zero-order valence-corrected chi connectivity index (χ0v) is 13.5. The maximum atomic E-state index is 12.3. The molecule has 1 heterocycles. The third kappa shape index (κ3) is 3.62. The van der Waals surface area contributed by atoms with Crippen LogP contribution < -0.4 is 0 Å². The van der Waals surface area contributed by atoms with Crippen molar-refractivity contribution in [1.82, 2.24) is 4.90 Å². The first-order valence-electron chi connectivity index (χ1n) is 6.45. The van der Waals surface area contributed by atoms with Crippen LogP contribution in [0.1, 0.15) is 23.2 Å². The zero-order chi connectivity index (χ0) is 14.8. The highest BCUT2D eigenvalue weighted by molar-refractivity contribution is 14.1. The van der Waals surface area contributed by atoms with Crippen molar-refractivity contribution in [2.45, 2.75) is 18.4 Å². The van der Waals surface area contributed by atoms with Gasteiger partial charge in [-0.05, 0) is 40.8 Å².